The zero-order chi connectivity index (χ0) is 15.5. The zero-order valence-electron chi connectivity index (χ0n) is 11.9. The van der Waals surface area contributed by atoms with Gasteiger partial charge in [0.1, 0.15) is 10.6 Å². The molecule has 1 aromatic heterocycles. The number of nitrogens with zero attached hydrogens (tertiary/aromatic N) is 2. The Balaban J connectivity index is 2.15. The van der Waals surface area contributed by atoms with Crippen molar-refractivity contribution in [1.82, 2.24) is 14.5 Å². The van der Waals surface area contributed by atoms with E-state index in [0.29, 0.717) is 12.3 Å². The highest BCUT2D eigenvalue weighted by Gasteiger charge is 2.20. The number of nitrogen functional groups attached to an aromatic ring is 1. The van der Waals surface area contributed by atoms with Gasteiger partial charge >= 0.3 is 0 Å². The normalized spacial score (nSPS) is 11.5. The van der Waals surface area contributed by atoms with Gasteiger partial charge < -0.3 is 10.5 Å². The number of hydrogen-bond donors (Lipinski definition) is 2. The minimum Gasteiger partial charge on any atom is -0.497 e. The molecule has 8 heteroatoms. The average molecular weight is 310 g/mol. The minimum absolute atomic E-state index is 0.00464. The quantitative estimate of drug-likeness (QED) is 0.828. The second-order valence-electron chi connectivity index (χ2n) is 4.41. The van der Waals surface area contributed by atoms with E-state index in [1.54, 1.807) is 25.3 Å². The summed E-state index contributed by atoms with van der Waals surface area (Å²) in [5, 5.41) is 3.93. The Morgan fingerprint density at radius 3 is 2.81 bits per heavy atom. The van der Waals surface area contributed by atoms with Crippen LogP contribution in [0.2, 0.25) is 0 Å². The number of ether oxygens (including phenoxy) is 1. The Kier molecular flexibility index (Phi) is 4.49. The minimum atomic E-state index is -3.70. The molecule has 0 aliphatic heterocycles. The van der Waals surface area contributed by atoms with Gasteiger partial charge in [-0.2, -0.15) is 5.10 Å². The van der Waals surface area contributed by atoms with Crippen molar-refractivity contribution in [3.8, 4) is 5.75 Å². The third-order valence-corrected chi connectivity index (χ3v) is 4.39. The van der Waals surface area contributed by atoms with Crippen molar-refractivity contribution in [2.75, 3.05) is 12.8 Å². The fraction of sp³-hybridized carbons (Fsp3) is 0.308. The number of nitrogens with two attached hydrogens (primary N) is 1. The van der Waals surface area contributed by atoms with Crippen LogP contribution in [-0.4, -0.2) is 25.3 Å². The molecule has 2 aromatic rings. The number of rotatable bonds is 6. The summed E-state index contributed by atoms with van der Waals surface area (Å²) in [6, 6.07) is 7.17. The number of aromatic nitrogens is 2. The second kappa shape index (κ2) is 6.15. The Bertz CT molecular complexity index is 725. The van der Waals surface area contributed by atoms with Crippen molar-refractivity contribution >= 4 is 15.8 Å². The summed E-state index contributed by atoms with van der Waals surface area (Å²) < 4.78 is 33.6. The van der Waals surface area contributed by atoms with Crippen LogP contribution in [0, 0.1) is 0 Å². The summed E-state index contributed by atoms with van der Waals surface area (Å²) in [6.07, 6.45) is 1.42. The van der Waals surface area contributed by atoms with E-state index in [0.717, 1.165) is 5.56 Å². The van der Waals surface area contributed by atoms with E-state index in [1.165, 1.54) is 10.9 Å². The monoisotopic (exact) mass is 310 g/mol. The summed E-state index contributed by atoms with van der Waals surface area (Å²) in [6.45, 7) is 2.55. The van der Waals surface area contributed by atoms with E-state index >= 15 is 0 Å². The fourth-order valence-corrected chi connectivity index (χ4v) is 2.91. The molecule has 0 bridgehead atoms. The van der Waals surface area contributed by atoms with E-state index in [9.17, 15) is 8.42 Å². The molecule has 0 radical (unpaired) electrons. The van der Waals surface area contributed by atoms with Gasteiger partial charge in [-0.1, -0.05) is 12.1 Å². The highest BCUT2D eigenvalue weighted by atomic mass is 32.2. The summed E-state index contributed by atoms with van der Waals surface area (Å²) in [5.74, 6) is 0.667. The molecule has 0 atom stereocenters. The molecule has 0 aliphatic carbocycles. The molecule has 0 fully saturated rings. The van der Waals surface area contributed by atoms with Gasteiger partial charge in [-0.3, -0.25) is 4.68 Å². The maximum absolute atomic E-state index is 12.2. The first-order valence-electron chi connectivity index (χ1n) is 6.41. The zero-order valence-corrected chi connectivity index (χ0v) is 12.7. The van der Waals surface area contributed by atoms with Gasteiger partial charge in [0.15, 0.2) is 5.82 Å². The molecule has 7 nitrogen and oxygen atoms in total. The first kappa shape index (κ1) is 15.3. The fourth-order valence-electron chi connectivity index (χ4n) is 1.83. The molecular formula is C13H18N4O3S. The van der Waals surface area contributed by atoms with Crippen molar-refractivity contribution in [3.63, 3.8) is 0 Å². The summed E-state index contributed by atoms with van der Waals surface area (Å²) in [5.41, 5.74) is 6.44. The molecule has 0 unspecified atom stereocenters. The van der Waals surface area contributed by atoms with Gasteiger partial charge in [0, 0.05) is 19.3 Å². The topological polar surface area (TPSA) is 99.2 Å². The largest absolute Gasteiger partial charge is 0.497 e. The molecule has 2 rings (SSSR count). The predicted octanol–water partition coefficient (Wildman–Crippen LogP) is 0.972. The van der Waals surface area contributed by atoms with Crippen molar-refractivity contribution in [1.29, 1.82) is 0 Å². The van der Waals surface area contributed by atoms with Gasteiger partial charge in [0.25, 0.3) is 0 Å². The standard InChI is InChI=1S/C13H18N4O3S/c1-3-17-9-12(13(14)16-17)21(18,19)15-8-10-5-4-6-11(7-10)20-2/h4-7,9,15H,3,8H2,1-2H3,(H2,14,16). The molecule has 21 heavy (non-hydrogen) atoms. The van der Waals surface area contributed by atoms with Crippen molar-refractivity contribution in [3.05, 3.63) is 36.0 Å². The number of anilines is 1. The number of nitrogens with one attached hydrogen (secondary N) is 1. The lowest BCUT2D eigenvalue weighted by Gasteiger charge is -2.07. The van der Waals surface area contributed by atoms with Crippen LogP contribution in [-0.2, 0) is 23.1 Å². The van der Waals surface area contributed by atoms with Crippen molar-refractivity contribution < 1.29 is 13.2 Å². The van der Waals surface area contributed by atoms with Crippen LogP contribution in [0.1, 0.15) is 12.5 Å². The van der Waals surface area contributed by atoms with Crippen LogP contribution in [0.3, 0.4) is 0 Å². The predicted molar refractivity (Wildman–Crippen MR) is 79.3 cm³/mol. The number of benzene rings is 1. The Morgan fingerprint density at radius 2 is 2.19 bits per heavy atom. The van der Waals surface area contributed by atoms with E-state index in [2.05, 4.69) is 9.82 Å². The first-order valence-corrected chi connectivity index (χ1v) is 7.90. The summed E-state index contributed by atoms with van der Waals surface area (Å²) in [7, 11) is -2.14. The van der Waals surface area contributed by atoms with Crippen molar-refractivity contribution in [2.45, 2.75) is 24.9 Å². The average Bonchev–Trinajstić information content (AvgIpc) is 2.87. The first-order chi connectivity index (χ1) is 9.96. The lowest BCUT2D eigenvalue weighted by atomic mass is 10.2. The molecule has 1 heterocycles. The molecule has 1 aromatic carbocycles. The lowest BCUT2D eigenvalue weighted by molar-refractivity contribution is 0.414. The highest BCUT2D eigenvalue weighted by molar-refractivity contribution is 7.89. The molecule has 0 spiro atoms. The molecule has 3 N–H and O–H groups in total. The molecule has 0 aliphatic rings. The van der Waals surface area contributed by atoms with E-state index in [1.807, 2.05) is 13.0 Å². The van der Waals surface area contributed by atoms with Gasteiger partial charge in [0.2, 0.25) is 10.0 Å². The Morgan fingerprint density at radius 1 is 1.43 bits per heavy atom. The van der Waals surface area contributed by atoms with Gasteiger partial charge in [-0.15, -0.1) is 0 Å². The van der Waals surface area contributed by atoms with Crippen LogP contribution >= 0.6 is 0 Å². The molecule has 0 amide bonds. The van der Waals surface area contributed by atoms with E-state index in [4.69, 9.17) is 10.5 Å². The Hall–Kier alpha value is -2.06. The van der Waals surface area contributed by atoms with Crippen LogP contribution in [0.4, 0.5) is 5.82 Å². The van der Waals surface area contributed by atoms with Crippen LogP contribution < -0.4 is 15.2 Å². The van der Waals surface area contributed by atoms with Gasteiger partial charge in [-0.05, 0) is 24.6 Å². The second-order valence-corrected chi connectivity index (χ2v) is 6.15. The molecule has 0 saturated heterocycles. The third kappa shape index (κ3) is 3.53. The smallest absolute Gasteiger partial charge is 0.246 e. The summed E-state index contributed by atoms with van der Waals surface area (Å²) >= 11 is 0. The SMILES string of the molecule is CCn1cc(S(=O)(=O)NCc2cccc(OC)c2)c(N)n1. The number of aryl methyl sites for hydroxylation is 1. The third-order valence-electron chi connectivity index (χ3n) is 2.97. The maximum atomic E-state index is 12.2. The number of methoxy groups -OCH3 is 1. The molecular weight excluding hydrogens is 292 g/mol. The van der Waals surface area contributed by atoms with Crippen molar-refractivity contribution in [2.24, 2.45) is 0 Å². The van der Waals surface area contributed by atoms with Gasteiger partial charge in [0.05, 0.1) is 7.11 Å². The number of sulfonamides is 1. The van der Waals surface area contributed by atoms with Crippen LogP contribution in [0.15, 0.2) is 35.4 Å². The summed E-state index contributed by atoms with van der Waals surface area (Å²) in [4.78, 5) is -0.00718. The molecule has 114 valence electrons. The highest BCUT2D eigenvalue weighted by Crippen LogP contribution is 2.17. The van der Waals surface area contributed by atoms with Crippen LogP contribution in [0.5, 0.6) is 5.75 Å². The Labute approximate surface area is 123 Å². The van der Waals surface area contributed by atoms with E-state index < -0.39 is 10.0 Å². The van der Waals surface area contributed by atoms with Gasteiger partial charge in [-0.25, -0.2) is 13.1 Å². The van der Waals surface area contributed by atoms with E-state index in [-0.39, 0.29) is 17.3 Å². The molecule has 0 saturated carbocycles. The van der Waals surface area contributed by atoms with Crippen LogP contribution in [0.25, 0.3) is 0 Å². The lowest BCUT2D eigenvalue weighted by Crippen LogP contribution is -2.23. The number of hydrogen-bond acceptors (Lipinski definition) is 5. The maximum Gasteiger partial charge on any atom is 0.246 e.